The van der Waals surface area contributed by atoms with Crippen LogP contribution in [0.1, 0.15) is 38.5 Å². The molecule has 1 aliphatic heterocycles. The number of aliphatic hydroxyl groups is 1. The fourth-order valence-electron chi connectivity index (χ4n) is 2.92. The minimum Gasteiger partial charge on any atom is -0.395 e. The van der Waals surface area contributed by atoms with Crippen LogP contribution in [0.2, 0.25) is 0 Å². The van der Waals surface area contributed by atoms with Crippen molar-refractivity contribution in [1.82, 2.24) is 4.90 Å². The predicted molar refractivity (Wildman–Crippen MR) is 66.4 cm³/mol. The molecule has 2 rings (SSSR count). The van der Waals surface area contributed by atoms with Gasteiger partial charge < -0.3 is 5.11 Å². The highest BCUT2D eigenvalue weighted by molar-refractivity contribution is 9.09. The van der Waals surface area contributed by atoms with Crippen molar-refractivity contribution in [3.05, 3.63) is 0 Å². The van der Waals surface area contributed by atoms with Gasteiger partial charge in [-0.1, -0.05) is 28.8 Å². The lowest BCUT2D eigenvalue weighted by molar-refractivity contribution is 0.0246. The second-order valence-corrected chi connectivity index (χ2v) is 5.85. The zero-order valence-corrected chi connectivity index (χ0v) is 11.0. The van der Waals surface area contributed by atoms with E-state index in [1.54, 1.807) is 0 Å². The van der Waals surface area contributed by atoms with Crippen molar-refractivity contribution in [2.75, 3.05) is 25.0 Å². The number of aliphatic hydroxyl groups excluding tert-OH is 1. The van der Waals surface area contributed by atoms with Gasteiger partial charge in [-0.15, -0.1) is 0 Å². The van der Waals surface area contributed by atoms with Gasteiger partial charge in [-0.2, -0.15) is 0 Å². The highest BCUT2D eigenvalue weighted by atomic mass is 79.9. The van der Waals surface area contributed by atoms with Crippen molar-refractivity contribution in [2.45, 2.75) is 44.6 Å². The molecule has 1 aliphatic carbocycles. The Morgan fingerprint density at radius 3 is 2.60 bits per heavy atom. The molecular formula is C12H22BrNO. The lowest BCUT2D eigenvalue weighted by Crippen LogP contribution is -2.50. The van der Waals surface area contributed by atoms with Gasteiger partial charge in [0.05, 0.1) is 6.61 Å². The van der Waals surface area contributed by atoms with Crippen LogP contribution in [0.3, 0.4) is 0 Å². The molecule has 1 unspecified atom stereocenters. The van der Waals surface area contributed by atoms with Gasteiger partial charge in [-0.25, -0.2) is 0 Å². The van der Waals surface area contributed by atoms with Crippen molar-refractivity contribution in [3.63, 3.8) is 0 Å². The molecule has 0 bridgehead atoms. The summed E-state index contributed by atoms with van der Waals surface area (Å²) in [4.78, 5) is 2.53. The van der Waals surface area contributed by atoms with Crippen LogP contribution in [0.4, 0.5) is 0 Å². The van der Waals surface area contributed by atoms with E-state index in [0.29, 0.717) is 18.1 Å². The molecule has 1 heterocycles. The van der Waals surface area contributed by atoms with Crippen molar-refractivity contribution in [1.29, 1.82) is 0 Å². The molecule has 0 aromatic heterocycles. The van der Waals surface area contributed by atoms with Gasteiger partial charge in [-0.05, 0) is 37.6 Å². The van der Waals surface area contributed by atoms with E-state index in [1.807, 2.05) is 0 Å². The quantitative estimate of drug-likeness (QED) is 0.797. The third-order valence-corrected chi connectivity index (χ3v) is 5.39. The molecule has 88 valence electrons. The first-order valence-corrected chi connectivity index (χ1v) is 7.33. The van der Waals surface area contributed by atoms with Gasteiger partial charge in [0.25, 0.3) is 0 Å². The van der Waals surface area contributed by atoms with Gasteiger partial charge in [0.2, 0.25) is 0 Å². The monoisotopic (exact) mass is 275 g/mol. The summed E-state index contributed by atoms with van der Waals surface area (Å²) in [6.07, 6.45) is 7.93. The number of hydrogen-bond donors (Lipinski definition) is 1. The van der Waals surface area contributed by atoms with E-state index in [4.69, 9.17) is 0 Å². The summed E-state index contributed by atoms with van der Waals surface area (Å²) in [5.74, 6) is 0. The summed E-state index contributed by atoms with van der Waals surface area (Å²) in [5.41, 5.74) is 0.532. The zero-order chi connectivity index (χ0) is 10.7. The molecule has 0 aromatic carbocycles. The maximum atomic E-state index is 9.37. The summed E-state index contributed by atoms with van der Waals surface area (Å²) in [7, 11) is 0. The maximum absolute atomic E-state index is 9.37. The van der Waals surface area contributed by atoms with Crippen LogP contribution in [0.5, 0.6) is 0 Å². The molecule has 3 heteroatoms. The highest BCUT2D eigenvalue weighted by Gasteiger charge is 2.39. The van der Waals surface area contributed by atoms with Gasteiger partial charge in [0, 0.05) is 17.9 Å². The molecule has 0 radical (unpaired) electrons. The molecule has 1 N–H and O–H groups in total. The van der Waals surface area contributed by atoms with Crippen LogP contribution in [-0.4, -0.2) is 41.1 Å². The molecule has 0 aromatic rings. The normalized spacial score (nSPS) is 31.2. The Morgan fingerprint density at radius 1 is 1.27 bits per heavy atom. The van der Waals surface area contributed by atoms with E-state index in [-0.39, 0.29) is 0 Å². The largest absolute Gasteiger partial charge is 0.395 e. The smallest absolute Gasteiger partial charge is 0.0586 e. The van der Waals surface area contributed by atoms with Gasteiger partial charge in [-0.3, -0.25) is 4.90 Å². The minimum absolute atomic E-state index is 0.346. The van der Waals surface area contributed by atoms with Crippen LogP contribution in [0.15, 0.2) is 0 Å². The first-order valence-electron chi connectivity index (χ1n) is 6.20. The molecule has 1 atom stereocenters. The molecule has 0 spiro atoms. The number of piperidine rings is 1. The average molecular weight is 276 g/mol. The molecule has 1 saturated heterocycles. The fourth-order valence-corrected chi connectivity index (χ4v) is 3.65. The molecule has 1 saturated carbocycles. The fraction of sp³-hybridized carbons (Fsp3) is 1.00. The van der Waals surface area contributed by atoms with E-state index < -0.39 is 0 Å². The Labute approximate surface area is 101 Å². The third-order valence-electron chi connectivity index (χ3n) is 4.20. The Bertz CT molecular complexity index is 200. The van der Waals surface area contributed by atoms with Crippen molar-refractivity contribution >= 4 is 15.9 Å². The SMILES string of the molecule is OCC1CCCCN1CC1(CBr)CCC1. The van der Waals surface area contributed by atoms with Crippen LogP contribution in [-0.2, 0) is 0 Å². The molecular weight excluding hydrogens is 254 g/mol. The molecule has 15 heavy (non-hydrogen) atoms. The van der Waals surface area contributed by atoms with E-state index >= 15 is 0 Å². The average Bonchev–Trinajstić information content (AvgIpc) is 2.24. The maximum Gasteiger partial charge on any atom is 0.0586 e. The minimum atomic E-state index is 0.346. The summed E-state index contributed by atoms with van der Waals surface area (Å²) in [6.45, 7) is 2.74. The Hall–Kier alpha value is 0.400. The first-order chi connectivity index (χ1) is 7.29. The predicted octanol–water partition coefficient (Wildman–Crippen LogP) is 2.40. The Kier molecular flexibility index (Phi) is 4.08. The first kappa shape index (κ1) is 11.9. The number of nitrogens with zero attached hydrogens (tertiary/aromatic N) is 1. The lowest BCUT2D eigenvalue weighted by atomic mass is 9.69. The van der Waals surface area contributed by atoms with Crippen LogP contribution >= 0.6 is 15.9 Å². The molecule has 2 fully saturated rings. The second-order valence-electron chi connectivity index (χ2n) is 5.29. The number of halogens is 1. The molecule has 0 amide bonds. The van der Waals surface area contributed by atoms with Crippen LogP contribution < -0.4 is 0 Å². The standard InChI is InChI=1S/C12H22BrNO/c13-9-12(5-3-6-12)10-14-7-2-1-4-11(14)8-15/h11,15H,1-10H2. The van der Waals surface area contributed by atoms with E-state index in [2.05, 4.69) is 20.8 Å². The number of rotatable bonds is 4. The van der Waals surface area contributed by atoms with Crippen molar-refractivity contribution in [2.24, 2.45) is 5.41 Å². The Morgan fingerprint density at radius 2 is 2.07 bits per heavy atom. The van der Waals surface area contributed by atoms with Crippen molar-refractivity contribution in [3.8, 4) is 0 Å². The third kappa shape index (κ3) is 2.56. The second kappa shape index (κ2) is 5.15. The van der Waals surface area contributed by atoms with Crippen LogP contribution in [0, 0.1) is 5.41 Å². The van der Waals surface area contributed by atoms with Crippen molar-refractivity contribution < 1.29 is 5.11 Å². The zero-order valence-electron chi connectivity index (χ0n) is 9.42. The van der Waals surface area contributed by atoms with Gasteiger partial charge >= 0.3 is 0 Å². The van der Waals surface area contributed by atoms with Crippen LogP contribution in [0.25, 0.3) is 0 Å². The van der Waals surface area contributed by atoms with Gasteiger partial charge in [0.1, 0.15) is 0 Å². The molecule has 2 aliphatic rings. The number of hydrogen-bond acceptors (Lipinski definition) is 2. The number of alkyl halides is 1. The summed E-state index contributed by atoms with van der Waals surface area (Å²) in [5, 5.41) is 10.5. The molecule has 2 nitrogen and oxygen atoms in total. The van der Waals surface area contributed by atoms with E-state index in [9.17, 15) is 5.11 Å². The highest BCUT2D eigenvalue weighted by Crippen LogP contribution is 2.43. The summed E-state index contributed by atoms with van der Waals surface area (Å²) >= 11 is 3.66. The topological polar surface area (TPSA) is 23.5 Å². The summed E-state index contributed by atoms with van der Waals surface area (Å²) in [6, 6.07) is 0.440. The van der Waals surface area contributed by atoms with E-state index in [1.165, 1.54) is 51.6 Å². The summed E-state index contributed by atoms with van der Waals surface area (Å²) < 4.78 is 0. The van der Waals surface area contributed by atoms with Gasteiger partial charge in [0.15, 0.2) is 0 Å². The number of likely N-dealkylation sites (tertiary alicyclic amines) is 1. The van der Waals surface area contributed by atoms with E-state index in [0.717, 1.165) is 5.33 Å². The lowest BCUT2D eigenvalue weighted by Gasteiger charge is -2.47. The Balaban J connectivity index is 1.90.